The zero-order valence-corrected chi connectivity index (χ0v) is 10.9. The van der Waals surface area contributed by atoms with Crippen molar-refractivity contribution in [3.05, 3.63) is 29.8 Å². The minimum atomic E-state index is -0.0466. The van der Waals surface area contributed by atoms with Gasteiger partial charge in [-0.05, 0) is 48.9 Å². The summed E-state index contributed by atoms with van der Waals surface area (Å²) >= 11 is 0. The van der Waals surface area contributed by atoms with Crippen LogP contribution in [0.5, 0.6) is 5.75 Å². The van der Waals surface area contributed by atoms with Gasteiger partial charge in [0.1, 0.15) is 5.75 Å². The van der Waals surface area contributed by atoms with Crippen LogP contribution >= 0.6 is 0 Å². The molecule has 18 heavy (non-hydrogen) atoms. The normalized spacial score (nSPS) is 17.6. The van der Waals surface area contributed by atoms with Gasteiger partial charge in [0, 0.05) is 12.1 Å². The number of aromatic hydroxyl groups is 1. The van der Waals surface area contributed by atoms with Crippen LogP contribution in [0.25, 0.3) is 0 Å². The highest BCUT2D eigenvalue weighted by Gasteiger charge is 2.32. The monoisotopic (exact) mass is 247 g/mol. The molecule has 0 unspecified atom stereocenters. The lowest BCUT2D eigenvalue weighted by atomic mass is 9.83. The Balaban J connectivity index is 1.93. The van der Waals surface area contributed by atoms with Gasteiger partial charge < -0.3 is 10.4 Å². The first-order chi connectivity index (χ1) is 8.65. The lowest BCUT2D eigenvalue weighted by Gasteiger charge is -2.27. The van der Waals surface area contributed by atoms with Crippen molar-refractivity contribution in [2.75, 3.05) is 6.54 Å². The third kappa shape index (κ3) is 2.84. The summed E-state index contributed by atoms with van der Waals surface area (Å²) in [5.74, 6) is 0.141. The van der Waals surface area contributed by atoms with Gasteiger partial charge in [0.2, 0.25) is 0 Å². The van der Waals surface area contributed by atoms with Gasteiger partial charge in [0.05, 0.1) is 0 Å². The molecule has 98 valence electrons. The van der Waals surface area contributed by atoms with E-state index in [2.05, 4.69) is 12.2 Å². The SMILES string of the molecule is CCC1(CNC(=O)c2ccc(O)cc2)CCCC1. The van der Waals surface area contributed by atoms with Gasteiger partial charge in [-0.3, -0.25) is 4.79 Å². The fourth-order valence-corrected chi connectivity index (χ4v) is 2.76. The number of phenols is 1. The van der Waals surface area contributed by atoms with E-state index in [1.807, 2.05) is 0 Å². The topological polar surface area (TPSA) is 49.3 Å². The summed E-state index contributed by atoms with van der Waals surface area (Å²) in [5.41, 5.74) is 0.920. The fraction of sp³-hybridized carbons (Fsp3) is 0.533. The second kappa shape index (κ2) is 5.42. The fourth-order valence-electron chi connectivity index (χ4n) is 2.76. The minimum Gasteiger partial charge on any atom is -0.508 e. The summed E-state index contributed by atoms with van der Waals surface area (Å²) in [4.78, 5) is 12.0. The Labute approximate surface area is 108 Å². The standard InChI is InChI=1S/C15H21NO2/c1-2-15(9-3-4-10-15)11-16-14(18)12-5-7-13(17)8-6-12/h5-8,17H,2-4,9-11H2,1H3,(H,16,18). The Morgan fingerprint density at radius 3 is 2.44 bits per heavy atom. The zero-order valence-electron chi connectivity index (χ0n) is 10.9. The van der Waals surface area contributed by atoms with E-state index in [4.69, 9.17) is 0 Å². The molecule has 0 spiro atoms. The Morgan fingerprint density at radius 1 is 1.28 bits per heavy atom. The van der Waals surface area contributed by atoms with Crippen LogP contribution in [0, 0.1) is 5.41 Å². The van der Waals surface area contributed by atoms with Crippen LogP contribution in [0.15, 0.2) is 24.3 Å². The Hall–Kier alpha value is -1.51. The highest BCUT2D eigenvalue weighted by molar-refractivity contribution is 5.94. The number of nitrogens with one attached hydrogen (secondary N) is 1. The van der Waals surface area contributed by atoms with Crippen LogP contribution < -0.4 is 5.32 Å². The maximum atomic E-state index is 12.0. The molecular formula is C15H21NO2. The first kappa shape index (κ1) is 12.9. The third-order valence-electron chi connectivity index (χ3n) is 4.17. The molecule has 0 bridgehead atoms. The van der Waals surface area contributed by atoms with Crippen molar-refractivity contribution in [1.82, 2.24) is 5.32 Å². The summed E-state index contributed by atoms with van der Waals surface area (Å²) in [6, 6.07) is 6.38. The van der Waals surface area contributed by atoms with Gasteiger partial charge in [-0.25, -0.2) is 0 Å². The van der Waals surface area contributed by atoms with Gasteiger partial charge in [0.25, 0.3) is 5.91 Å². The molecule has 0 heterocycles. The molecule has 1 saturated carbocycles. The van der Waals surface area contributed by atoms with E-state index in [1.54, 1.807) is 24.3 Å². The second-order valence-corrected chi connectivity index (χ2v) is 5.29. The Morgan fingerprint density at radius 2 is 1.89 bits per heavy atom. The average molecular weight is 247 g/mol. The highest BCUT2D eigenvalue weighted by Crippen LogP contribution is 2.40. The van der Waals surface area contributed by atoms with E-state index in [9.17, 15) is 9.90 Å². The molecule has 2 N–H and O–H groups in total. The van der Waals surface area contributed by atoms with Crippen molar-refractivity contribution < 1.29 is 9.90 Å². The van der Waals surface area contributed by atoms with Crippen molar-refractivity contribution in [1.29, 1.82) is 0 Å². The van der Waals surface area contributed by atoms with Crippen LogP contribution in [0.2, 0.25) is 0 Å². The number of hydrogen-bond acceptors (Lipinski definition) is 2. The minimum absolute atomic E-state index is 0.0466. The molecule has 1 aromatic rings. The van der Waals surface area contributed by atoms with E-state index in [0.29, 0.717) is 11.0 Å². The maximum absolute atomic E-state index is 12.0. The van der Waals surface area contributed by atoms with Crippen molar-refractivity contribution in [2.45, 2.75) is 39.0 Å². The summed E-state index contributed by atoms with van der Waals surface area (Å²) in [5, 5.41) is 12.2. The smallest absolute Gasteiger partial charge is 0.251 e. The summed E-state index contributed by atoms with van der Waals surface area (Å²) in [6.07, 6.45) is 6.13. The van der Waals surface area contributed by atoms with Gasteiger partial charge in [-0.1, -0.05) is 19.8 Å². The molecule has 0 aliphatic heterocycles. The van der Waals surface area contributed by atoms with Crippen molar-refractivity contribution >= 4 is 5.91 Å². The van der Waals surface area contributed by atoms with E-state index < -0.39 is 0 Å². The summed E-state index contributed by atoms with van der Waals surface area (Å²) in [7, 11) is 0. The molecule has 1 aliphatic rings. The summed E-state index contributed by atoms with van der Waals surface area (Å²) in [6.45, 7) is 2.97. The molecule has 0 saturated heterocycles. The quantitative estimate of drug-likeness (QED) is 0.859. The van der Waals surface area contributed by atoms with Crippen LogP contribution in [-0.4, -0.2) is 17.6 Å². The molecule has 0 aromatic heterocycles. The van der Waals surface area contributed by atoms with Gasteiger partial charge in [-0.2, -0.15) is 0 Å². The van der Waals surface area contributed by atoms with E-state index in [1.165, 1.54) is 25.7 Å². The molecule has 0 atom stereocenters. The molecule has 1 aliphatic carbocycles. The van der Waals surface area contributed by atoms with Gasteiger partial charge in [-0.15, -0.1) is 0 Å². The van der Waals surface area contributed by atoms with Gasteiger partial charge in [0.15, 0.2) is 0 Å². The lowest BCUT2D eigenvalue weighted by Crippen LogP contribution is -2.35. The van der Waals surface area contributed by atoms with Crippen LogP contribution in [0.1, 0.15) is 49.4 Å². The number of rotatable bonds is 4. The first-order valence-corrected chi connectivity index (χ1v) is 6.72. The molecule has 1 aromatic carbocycles. The number of carbonyl (C=O) groups excluding carboxylic acids is 1. The largest absolute Gasteiger partial charge is 0.508 e. The third-order valence-corrected chi connectivity index (χ3v) is 4.17. The van der Waals surface area contributed by atoms with Crippen molar-refractivity contribution in [3.8, 4) is 5.75 Å². The summed E-state index contributed by atoms with van der Waals surface area (Å²) < 4.78 is 0. The van der Waals surface area contributed by atoms with Crippen LogP contribution in [0.4, 0.5) is 0 Å². The number of amides is 1. The number of phenolic OH excluding ortho intramolecular Hbond substituents is 1. The lowest BCUT2D eigenvalue weighted by molar-refractivity contribution is 0.0929. The molecule has 3 nitrogen and oxygen atoms in total. The zero-order chi connectivity index (χ0) is 13.0. The molecule has 0 radical (unpaired) electrons. The molecule has 3 heteroatoms. The first-order valence-electron chi connectivity index (χ1n) is 6.72. The second-order valence-electron chi connectivity index (χ2n) is 5.29. The van der Waals surface area contributed by atoms with Crippen molar-refractivity contribution in [3.63, 3.8) is 0 Å². The van der Waals surface area contributed by atoms with E-state index >= 15 is 0 Å². The van der Waals surface area contributed by atoms with E-state index in [-0.39, 0.29) is 11.7 Å². The van der Waals surface area contributed by atoms with Crippen LogP contribution in [0.3, 0.4) is 0 Å². The van der Waals surface area contributed by atoms with Crippen LogP contribution in [-0.2, 0) is 0 Å². The number of hydrogen-bond donors (Lipinski definition) is 2. The van der Waals surface area contributed by atoms with Crippen molar-refractivity contribution in [2.24, 2.45) is 5.41 Å². The molecule has 1 amide bonds. The Bertz CT molecular complexity index is 405. The molecule has 1 fully saturated rings. The Kier molecular flexibility index (Phi) is 3.90. The molecule has 2 rings (SSSR count). The van der Waals surface area contributed by atoms with E-state index in [0.717, 1.165) is 13.0 Å². The maximum Gasteiger partial charge on any atom is 0.251 e. The number of benzene rings is 1. The predicted molar refractivity (Wildman–Crippen MR) is 71.6 cm³/mol. The van der Waals surface area contributed by atoms with Gasteiger partial charge >= 0.3 is 0 Å². The molecular weight excluding hydrogens is 226 g/mol. The number of carbonyl (C=O) groups is 1. The average Bonchev–Trinajstić information content (AvgIpc) is 2.86. The predicted octanol–water partition coefficient (Wildman–Crippen LogP) is 3.09. The highest BCUT2D eigenvalue weighted by atomic mass is 16.3.